The molecule has 1 heterocycles. The third-order valence-corrected chi connectivity index (χ3v) is 2.67. The second-order valence-corrected chi connectivity index (χ2v) is 3.80. The molecule has 0 saturated heterocycles. The van der Waals surface area contributed by atoms with Gasteiger partial charge in [-0.2, -0.15) is 0 Å². The quantitative estimate of drug-likeness (QED) is 0.816. The Hall–Kier alpha value is -1.22. The highest BCUT2D eigenvalue weighted by Crippen LogP contribution is 2.30. The monoisotopic (exact) mass is 206 g/mol. The number of hydrogen-bond acceptors (Lipinski definition) is 3. The minimum Gasteiger partial charge on any atom is -0.491 e. The first-order valence-corrected chi connectivity index (χ1v) is 5.58. The summed E-state index contributed by atoms with van der Waals surface area (Å²) >= 11 is 0. The van der Waals surface area contributed by atoms with E-state index in [0.717, 1.165) is 44.8 Å². The molecule has 0 radical (unpaired) electrons. The van der Waals surface area contributed by atoms with E-state index in [1.54, 1.807) is 0 Å². The first-order chi connectivity index (χ1) is 7.42. The van der Waals surface area contributed by atoms with Gasteiger partial charge >= 0.3 is 0 Å². The third kappa shape index (κ3) is 2.42. The fourth-order valence-electron chi connectivity index (χ4n) is 1.91. The summed E-state index contributed by atoms with van der Waals surface area (Å²) < 4.78 is 5.69. The van der Waals surface area contributed by atoms with Crippen molar-refractivity contribution < 1.29 is 4.74 Å². The van der Waals surface area contributed by atoms with E-state index in [1.807, 2.05) is 12.1 Å². The van der Waals surface area contributed by atoms with Gasteiger partial charge < -0.3 is 15.4 Å². The van der Waals surface area contributed by atoms with E-state index in [4.69, 9.17) is 10.5 Å². The van der Waals surface area contributed by atoms with Gasteiger partial charge in [-0.15, -0.1) is 0 Å². The number of hydrogen-bond donors (Lipinski definition) is 1. The molecule has 0 amide bonds. The molecular weight excluding hydrogens is 188 g/mol. The van der Waals surface area contributed by atoms with Crippen molar-refractivity contribution in [1.82, 2.24) is 0 Å². The molecule has 0 spiro atoms. The van der Waals surface area contributed by atoms with Crippen LogP contribution in [0, 0.1) is 0 Å². The first-order valence-electron chi connectivity index (χ1n) is 5.58. The molecule has 82 valence electrons. The lowest BCUT2D eigenvalue weighted by Crippen LogP contribution is -2.26. The van der Waals surface area contributed by atoms with Crippen LogP contribution in [0.4, 0.5) is 5.69 Å². The average molecular weight is 206 g/mol. The van der Waals surface area contributed by atoms with Crippen LogP contribution in [0.15, 0.2) is 24.3 Å². The van der Waals surface area contributed by atoms with Crippen LogP contribution in [0.25, 0.3) is 0 Å². The Morgan fingerprint density at radius 2 is 2.20 bits per heavy atom. The van der Waals surface area contributed by atoms with Gasteiger partial charge in [0, 0.05) is 13.1 Å². The largest absolute Gasteiger partial charge is 0.491 e. The maximum Gasteiger partial charge on any atom is 0.142 e. The minimum absolute atomic E-state index is 0.750. The van der Waals surface area contributed by atoms with Crippen molar-refractivity contribution in [2.75, 3.05) is 31.1 Å². The maximum atomic E-state index is 5.69. The van der Waals surface area contributed by atoms with Gasteiger partial charge in [0.2, 0.25) is 0 Å². The second kappa shape index (κ2) is 5.03. The van der Waals surface area contributed by atoms with Gasteiger partial charge in [0.05, 0.1) is 12.3 Å². The van der Waals surface area contributed by atoms with Crippen LogP contribution in [0.5, 0.6) is 5.75 Å². The lowest BCUT2D eigenvalue weighted by molar-refractivity contribution is 0.322. The van der Waals surface area contributed by atoms with Gasteiger partial charge in [-0.1, -0.05) is 12.1 Å². The third-order valence-electron chi connectivity index (χ3n) is 2.67. The number of nitrogens with two attached hydrogens (primary N) is 1. The Labute approximate surface area is 90.8 Å². The van der Waals surface area contributed by atoms with E-state index in [-0.39, 0.29) is 0 Å². The van der Waals surface area contributed by atoms with E-state index >= 15 is 0 Å². The molecule has 0 bridgehead atoms. The number of fused-ring (bicyclic) bond motifs is 1. The fourth-order valence-corrected chi connectivity index (χ4v) is 1.91. The minimum atomic E-state index is 0.750. The zero-order valence-corrected chi connectivity index (χ0v) is 8.98. The summed E-state index contributed by atoms with van der Waals surface area (Å²) in [7, 11) is 0. The molecule has 1 aromatic rings. The van der Waals surface area contributed by atoms with Gasteiger partial charge in [-0.3, -0.25) is 0 Å². The molecule has 1 aromatic carbocycles. The van der Waals surface area contributed by atoms with Gasteiger partial charge in [-0.25, -0.2) is 0 Å². The van der Waals surface area contributed by atoms with E-state index in [0.29, 0.717) is 0 Å². The molecule has 0 atom stereocenters. The Balaban J connectivity index is 2.17. The lowest BCUT2D eigenvalue weighted by atomic mass is 10.2. The second-order valence-electron chi connectivity index (χ2n) is 3.80. The van der Waals surface area contributed by atoms with E-state index in [1.165, 1.54) is 5.69 Å². The molecule has 0 saturated carbocycles. The van der Waals surface area contributed by atoms with Gasteiger partial charge in [-0.05, 0) is 31.5 Å². The summed E-state index contributed by atoms with van der Waals surface area (Å²) in [5, 5.41) is 0. The molecule has 1 aliphatic rings. The van der Waals surface area contributed by atoms with E-state index < -0.39 is 0 Å². The van der Waals surface area contributed by atoms with Gasteiger partial charge in [0.1, 0.15) is 5.75 Å². The highest BCUT2D eigenvalue weighted by atomic mass is 16.5. The van der Waals surface area contributed by atoms with Crippen molar-refractivity contribution in [3.8, 4) is 5.75 Å². The van der Waals surface area contributed by atoms with Crippen LogP contribution in [0.1, 0.15) is 12.8 Å². The molecule has 0 aromatic heterocycles. The number of nitrogens with zero attached hydrogens (tertiary/aromatic N) is 1. The highest BCUT2D eigenvalue weighted by molar-refractivity contribution is 5.58. The van der Waals surface area contributed by atoms with Crippen molar-refractivity contribution in [2.45, 2.75) is 12.8 Å². The van der Waals surface area contributed by atoms with Crippen molar-refractivity contribution in [1.29, 1.82) is 0 Å². The average Bonchev–Trinajstić information content (AvgIpc) is 2.49. The molecule has 0 fully saturated rings. The standard InChI is InChI=1S/C12H18N2O/c13-7-3-8-14-9-4-10-15-12-6-2-1-5-11(12)14/h1-2,5-6H,3-4,7-10,13H2. The van der Waals surface area contributed by atoms with E-state index in [2.05, 4.69) is 17.0 Å². The summed E-state index contributed by atoms with van der Waals surface area (Å²) in [4.78, 5) is 2.37. The molecule has 0 unspecified atom stereocenters. The Morgan fingerprint density at radius 3 is 3.07 bits per heavy atom. The molecule has 1 aliphatic heterocycles. The van der Waals surface area contributed by atoms with E-state index in [9.17, 15) is 0 Å². The molecule has 3 nitrogen and oxygen atoms in total. The zero-order valence-electron chi connectivity index (χ0n) is 8.98. The Bertz CT molecular complexity index is 314. The van der Waals surface area contributed by atoms with Crippen LogP contribution < -0.4 is 15.4 Å². The van der Waals surface area contributed by atoms with Crippen molar-refractivity contribution in [2.24, 2.45) is 5.73 Å². The van der Waals surface area contributed by atoms with Gasteiger partial charge in [0.25, 0.3) is 0 Å². The first kappa shape index (κ1) is 10.3. The van der Waals surface area contributed by atoms with Gasteiger partial charge in [0.15, 0.2) is 0 Å². The number of benzene rings is 1. The summed E-state index contributed by atoms with van der Waals surface area (Å²) in [5.41, 5.74) is 6.76. The molecule has 2 N–H and O–H groups in total. The van der Waals surface area contributed by atoms with Crippen molar-refractivity contribution in [3.05, 3.63) is 24.3 Å². The molecule has 0 aliphatic carbocycles. The SMILES string of the molecule is NCCCN1CCCOc2ccccc21. The zero-order chi connectivity index (χ0) is 10.5. The summed E-state index contributed by atoms with van der Waals surface area (Å²) in [6, 6.07) is 8.24. The van der Waals surface area contributed by atoms with Crippen LogP contribution in [0.3, 0.4) is 0 Å². The normalized spacial score (nSPS) is 15.4. The predicted molar refractivity (Wildman–Crippen MR) is 62.4 cm³/mol. The number of rotatable bonds is 3. The van der Waals surface area contributed by atoms with Crippen LogP contribution in [0.2, 0.25) is 0 Å². The fraction of sp³-hybridized carbons (Fsp3) is 0.500. The maximum absolute atomic E-state index is 5.69. The molecular formula is C12H18N2O. The predicted octanol–water partition coefficient (Wildman–Crippen LogP) is 1.62. The number of para-hydroxylation sites is 2. The lowest BCUT2D eigenvalue weighted by Gasteiger charge is -2.23. The number of anilines is 1. The summed E-state index contributed by atoms with van der Waals surface area (Å²) in [5.74, 6) is 1.01. The summed E-state index contributed by atoms with van der Waals surface area (Å²) in [6.07, 6.45) is 2.12. The molecule has 15 heavy (non-hydrogen) atoms. The molecule has 2 rings (SSSR count). The van der Waals surface area contributed by atoms with Crippen molar-refractivity contribution >= 4 is 5.69 Å². The Kier molecular flexibility index (Phi) is 3.45. The highest BCUT2D eigenvalue weighted by Gasteiger charge is 2.14. The van der Waals surface area contributed by atoms with Crippen LogP contribution >= 0.6 is 0 Å². The number of ether oxygens (including phenoxy) is 1. The topological polar surface area (TPSA) is 38.5 Å². The van der Waals surface area contributed by atoms with Crippen LogP contribution in [-0.4, -0.2) is 26.2 Å². The Morgan fingerprint density at radius 1 is 1.33 bits per heavy atom. The van der Waals surface area contributed by atoms with Crippen LogP contribution in [-0.2, 0) is 0 Å². The van der Waals surface area contributed by atoms with Crippen molar-refractivity contribution in [3.63, 3.8) is 0 Å². The molecule has 3 heteroatoms. The summed E-state index contributed by atoms with van der Waals surface area (Å²) in [6.45, 7) is 3.66. The smallest absolute Gasteiger partial charge is 0.142 e.